The summed E-state index contributed by atoms with van der Waals surface area (Å²) in [6, 6.07) is 0. The van der Waals surface area contributed by atoms with Crippen LogP contribution in [0.4, 0.5) is 0 Å². The van der Waals surface area contributed by atoms with E-state index >= 15 is 0 Å². The van der Waals surface area contributed by atoms with Gasteiger partial charge < -0.3 is 42.9 Å². The van der Waals surface area contributed by atoms with E-state index in [1.165, 1.54) is 109 Å². The Morgan fingerprint density at radius 1 is 0.436 bits per heavy atom. The van der Waals surface area contributed by atoms with Crippen molar-refractivity contribution in [1.29, 1.82) is 0 Å². The summed E-state index contributed by atoms with van der Waals surface area (Å²) in [5.74, 6) is 0. The Bertz CT molecular complexity index is 476. The summed E-state index contributed by atoms with van der Waals surface area (Å²) < 4.78 is 43.6. The molecule has 4 unspecified atom stereocenters. The van der Waals surface area contributed by atoms with Crippen molar-refractivity contribution in [2.24, 2.45) is 0 Å². The molecule has 0 saturated heterocycles. The number of rotatable bonds is 22. The van der Waals surface area contributed by atoms with E-state index < -0.39 is 33.0 Å². The van der Waals surface area contributed by atoms with Gasteiger partial charge in [-0.05, 0) is 6.42 Å². The summed E-state index contributed by atoms with van der Waals surface area (Å²) in [6.45, 7) is 2.66. The molecule has 0 heterocycles. The predicted octanol–water partition coefficient (Wildman–Crippen LogP) is -7.96. The Morgan fingerprint density at radius 2 is 0.615 bits per heavy atom. The standard InChI is InChI=1S/C20H42O.4Na.2H4O5P2/c1-2-3-4-5-6-7-8-9-10-11-12-13-14-15-16-17-18-19-20-21;;;;;2*1-6(2)5-7(3)4/h21H,2-20H2,1H3;;;;;2*6-7H,(H,1,2)(H,3,4)/q;4*+1;;/p-4. The average Bonchev–Trinajstić information content (AvgIpc) is 2.75. The molecule has 216 valence electrons. The molecule has 0 aromatic heterocycles. The van der Waals surface area contributed by atoms with Crippen LogP contribution in [0.3, 0.4) is 0 Å². The fourth-order valence-electron chi connectivity index (χ4n) is 3.15. The summed E-state index contributed by atoms with van der Waals surface area (Å²) >= 11 is 0. The van der Waals surface area contributed by atoms with E-state index in [9.17, 15) is 37.8 Å². The monoisotopic (exact) mass is 678 g/mol. The minimum atomic E-state index is -3.51. The van der Waals surface area contributed by atoms with E-state index in [2.05, 4.69) is 15.5 Å². The molecule has 0 aliphatic carbocycles. The van der Waals surface area contributed by atoms with Crippen LogP contribution in [0.5, 0.6) is 0 Å². The normalized spacial score (nSPS) is 12.7. The van der Waals surface area contributed by atoms with Gasteiger partial charge in [-0.15, -0.1) is 0 Å². The first-order valence-electron chi connectivity index (χ1n) is 12.5. The molecule has 0 aromatic carbocycles. The van der Waals surface area contributed by atoms with E-state index in [0.29, 0.717) is 6.61 Å². The Labute approximate surface area is 327 Å². The van der Waals surface area contributed by atoms with Crippen molar-refractivity contribution >= 4 is 33.0 Å². The van der Waals surface area contributed by atoms with E-state index in [-0.39, 0.29) is 118 Å². The molecule has 0 fully saturated rings. The van der Waals surface area contributed by atoms with Gasteiger partial charge in [-0.3, -0.25) is 8.62 Å². The fraction of sp³-hybridized carbons (Fsp3) is 1.00. The van der Waals surface area contributed by atoms with Crippen LogP contribution in [-0.4, -0.2) is 11.7 Å². The van der Waals surface area contributed by atoms with E-state index in [1.807, 2.05) is 0 Å². The molecule has 4 atom stereocenters. The maximum atomic E-state index is 9.29. The van der Waals surface area contributed by atoms with Crippen molar-refractivity contribution in [2.75, 3.05) is 6.61 Å². The SMILES string of the molecule is CCCCCCCCCCCCCCCCCCCCO.O=[PH]([O-])O[PH](=O)[O-].O=[PH]([O-])O[PH](=O)[O-].[Na+].[Na+].[Na+].[Na+]. The van der Waals surface area contributed by atoms with Gasteiger partial charge in [0, 0.05) is 6.61 Å². The number of aliphatic hydroxyl groups excluding tert-OH is 1. The van der Waals surface area contributed by atoms with Gasteiger partial charge in [0.1, 0.15) is 33.0 Å². The summed E-state index contributed by atoms with van der Waals surface area (Å²) in [6.07, 6.45) is 25.1. The maximum Gasteiger partial charge on any atom is 1.00 e. The number of unbranched alkanes of at least 4 members (excludes halogenated alkanes) is 17. The van der Waals surface area contributed by atoms with Gasteiger partial charge >= 0.3 is 118 Å². The van der Waals surface area contributed by atoms with Gasteiger partial charge in [-0.25, -0.2) is 0 Å². The third kappa shape index (κ3) is 75.0. The maximum absolute atomic E-state index is 9.29. The van der Waals surface area contributed by atoms with Gasteiger partial charge in [0.05, 0.1) is 0 Å². The van der Waals surface area contributed by atoms with Crippen LogP contribution >= 0.6 is 33.0 Å². The van der Waals surface area contributed by atoms with E-state index in [1.54, 1.807) is 0 Å². The first-order chi connectivity index (χ1) is 16.7. The minimum absolute atomic E-state index is 0. The molecule has 0 aromatic rings. The Hall–Kier alpha value is 4.64. The van der Waals surface area contributed by atoms with Gasteiger partial charge in [0.15, 0.2) is 0 Å². The zero-order valence-electron chi connectivity index (χ0n) is 25.0. The molecule has 0 amide bonds. The second-order valence-corrected chi connectivity index (χ2v) is 11.6. The molecule has 11 nitrogen and oxygen atoms in total. The molecule has 0 aliphatic rings. The molecule has 1 N–H and O–H groups in total. The van der Waals surface area contributed by atoms with Crippen molar-refractivity contribution in [2.45, 2.75) is 122 Å². The zero-order chi connectivity index (χ0) is 27.2. The van der Waals surface area contributed by atoms with Crippen LogP contribution in [0, 0.1) is 0 Å². The summed E-state index contributed by atoms with van der Waals surface area (Å²) in [7, 11) is -14.1. The number of hydrogen-bond donors (Lipinski definition) is 1. The predicted molar refractivity (Wildman–Crippen MR) is 134 cm³/mol. The van der Waals surface area contributed by atoms with Crippen molar-refractivity contribution in [3.8, 4) is 0 Å². The zero-order valence-corrected chi connectivity index (χ0v) is 37.0. The van der Waals surface area contributed by atoms with Gasteiger partial charge in [0.25, 0.3) is 0 Å². The van der Waals surface area contributed by atoms with Crippen molar-refractivity contribution < 1.29 is 170 Å². The molecule has 0 spiro atoms. The molecule has 0 saturated carbocycles. The van der Waals surface area contributed by atoms with Crippen LogP contribution in [0.15, 0.2) is 0 Å². The summed E-state index contributed by atoms with van der Waals surface area (Å²) in [4.78, 5) is 37.1. The number of aliphatic hydroxyl groups is 1. The van der Waals surface area contributed by atoms with Crippen LogP contribution in [-0.2, 0) is 26.9 Å². The summed E-state index contributed by atoms with van der Waals surface area (Å²) in [5, 5.41) is 8.69. The molecule has 0 rings (SSSR count). The molecule has 0 radical (unpaired) electrons. The van der Waals surface area contributed by atoms with Crippen molar-refractivity contribution in [3.63, 3.8) is 0 Å². The molecule has 0 aliphatic heterocycles. The molecular formula is C20H46Na4O11P4. The number of hydrogen-bond acceptors (Lipinski definition) is 11. The van der Waals surface area contributed by atoms with Gasteiger partial charge in [-0.1, -0.05) is 116 Å². The Balaban J connectivity index is -0.0000000951. The third-order valence-electron chi connectivity index (χ3n) is 4.85. The first-order valence-corrected chi connectivity index (χ1v) is 17.4. The van der Waals surface area contributed by atoms with Crippen LogP contribution < -0.4 is 138 Å². The second kappa shape index (κ2) is 52.2. The topological polar surface area (TPSA) is 199 Å². The minimum Gasteiger partial charge on any atom is -0.781 e. The van der Waals surface area contributed by atoms with E-state index in [0.717, 1.165) is 6.42 Å². The van der Waals surface area contributed by atoms with Crippen molar-refractivity contribution in [3.05, 3.63) is 0 Å². The van der Waals surface area contributed by atoms with Crippen LogP contribution in [0.25, 0.3) is 0 Å². The summed E-state index contributed by atoms with van der Waals surface area (Å²) in [5.41, 5.74) is 0. The van der Waals surface area contributed by atoms with Crippen LogP contribution in [0.2, 0.25) is 0 Å². The first kappa shape index (κ1) is 59.1. The van der Waals surface area contributed by atoms with E-state index in [4.69, 9.17) is 5.11 Å². The Morgan fingerprint density at radius 3 is 0.744 bits per heavy atom. The smallest absolute Gasteiger partial charge is 0.781 e. The third-order valence-corrected chi connectivity index (χ3v) is 7.51. The average molecular weight is 678 g/mol. The van der Waals surface area contributed by atoms with Crippen molar-refractivity contribution in [1.82, 2.24) is 0 Å². The molecule has 39 heavy (non-hydrogen) atoms. The van der Waals surface area contributed by atoms with Gasteiger partial charge in [-0.2, -0.15) is 0 Å². The fourth-order valence-corrected chi connectivity index (χ4v) is 4.24. The molecule has 0 bridgehead atoms. The van der Waals surface area contributed by atoms with Gasteiger partial charge in [0.2, 0.25) is 0 Å². The molecule has 19 heteroatoms. The van der Waals surface area contributed by atoms with Crippen LogP contribution in [0.1, 0.15) is 122 Å². The Kier molecular flexibility index (Phi) is 79.1. The molecular weight excluding hydrogens is 632 g/mol. The second-order valence-electron chi connectivity index (χ2n) is 7.94. The quantitative estimate of drug-likeness (QED) is 0.0648. The largest absolute Gasteiger partial charge is 1.00 e.